The van der Waals surface area contributed by atoms with Crippen molar-refractivity contribution in [3.8, 4) is 17.1 Å². The van der Waals surface area contributed by atoms with Gasteiger partial charge in [0, 0.05) is 5.56 Å². The lowest BCUT2D eigenvalue weighted by Gasteiger charge is -2.09. The SMILES string of the molecule is CS(=O)(=O)Oc1c(-c2ccccc2)oc2ccccc2c1=O.O=C(O)c1ccccc1.O=C(O)c1ccccc1.O=C(O)c1ccccc1.O=C(O)c1ccccc1. The van der Waals surface area contributed by atoms with E-state index in [0.717, 1.165) is 6.26 Å². The lowest BCUT2D eigenvalue weighted by Crippen LogP contribution is -2.15. The predicted molar refractivity (Wildman–Crippen MR) is 217 cm³/mol. The highest BCUT2D eigenvalue weighted by atomic mass is 32.2. The van der Waals surface area contributed by atoms with Gasteiger partial charge in [0.15, 0.2) is 5.76 Å². The molecule has 0 aliphatic rings. The van der Waals surface area contributed by atoms with Gasteiger partial charge in [0.2, 0.25) is 11.2 Å². The van der Waals surface area contributed by atoms with Gasteiger partial charge in [-0.1, -0.05) is 115 Å². The number of benzene rings is 6. The summed E-state index contributed by atoms with van der Waals surface area (Å²) in [5.41, 5.74) is 1.73. The van der Waals surface area contributed by atoms with Gasteiger partial charge in [0.05, 0.1) is 33.9 Å². The predicted octanol–water partition coefficient (Wildman–Crippen LogP) is 8.34. The summed E-state index contributed by atoms with van der Waals surface area (Å²) in [6, 6.07) is 48.5. The van der Waals surface area contributed by atoms with E-state index in [-0.39, 0.29) is 16.9 Å². The fourth-order valence-corrected chi connectivity index (χ4v) is 4.91. The maximum absolute atomic E-state index is 12.6. The smallest absolute Gasteiger partial charge is 0.335 e. The minimum Gasteiger partial charge on any atom is -0.478 e. The van der Waals surface area contributed by atoms with E-state index >= 15 is 0 Å². The van der Waals surface area contributed by atoms with Crippen LogP contribution in [0.15, 0.2) is 185 Å². The molecule has 7 rings (SSSR count). The van der Waals surface area contributed by atoms with Crippen molar-refractivity contribution >= 4 is 45.0 Å². The molecule has 0 bridgehead atoms. The Hall–Kier alpha value is -7.84. The van der Waals surface area contributed by atoms with E-state index in [4.69, 9.17) is 29.0 Å². The summed E-state index contributed by atoms with van der Waals surface area (Å²) >= 11 is 0. The Balaban J connectivity index is 0.000000210. The van der Waals surface area contributed by atoms with Crippen LogP contribution in [0.5, 0.6) is 5.75 Å². The topological polar surface area (TPSA) is 223 Å². The Labute approximate surface area is 332 Å². The van der Waals surface area contributed by atoms with Gasteiger partial charge in [0.25, 0.3) is 0 Å². The molecule has 0 amide bonds. The molecule has 0 radical (unpaired) electrons. The Kier molecular flexibility index (Phi) is 17.3. The van der Waals surface area contributed by atoms with Gasteiger partial charge in [-0.05, 0) is 60.7 Å². The van der Waals surface area contributed by atoms with E-state index in [9.17, 15) is 32.4 Å². The van der Waals surface area contributed by atoms with E-state index in [2.05, 4.69) is 0 Å². The Morgan fingerprint density at radius 2 is 0.759 bits per heavy atom. The molecule has 0 aliphatic heterocycles. The third-order valence-corrected chi connectivity index (χ3v) is 7.58. The summed E-state index contributed by atoms with van der Waals surface area (Å²) in [6.07, 6.45) is 0.885. The van der Waals surface area contributed by atoms with Crippen molar-refractivity contribution in [2.24, 2.45) is 0 Å². The first-order valence-electron chi connectivity index (χ1n) is 16.8. The lowest BCUT2D eigenvalue weighted by atomic mass is 10.1. The Morgan fingerprint density at radius 1 is 0.466 bits per heavy atom. The fraction of sp³-hybridized carbons (Fsp3) is 0.0227. The fourth-order valence-electron chi connectivity index (χ4n) is 4.45. The number of rotatable bonds is 7. The molecule has 0 aliphatic carbocycles. The maximum Gasteiger partial charge on any atom is 0.335 e. The van der Waals surface area contributed by atoms with Crippen molar-refractivity contribution in [1.29, 1.82) is 0 Å². The largest absolute Gasteiger partial charge is 0.478 e. The molecule has 0 atom stereocenters. The van der Waals surface area contributed by atoms with E-state index in [1.165, 1.54) is 0 Å². The summed E-state index contributed by atoms with van der Waals surface area (Å²) in [7, 11) is -3.86. The first-order chi connectivity index (χ1) is 27.7. The second kappa shape index (κ2) is 22.5. The van der Waals surface area contributed by atoms with Crippen LogP contribution in [-0.2, 0) is 10.1 Å². The second-order valence-corrected chi connectivity index (χ2v) is 13.0. The highest BCUT2D eigenvalue weighted by molar-refractivity contribution is 7.86. The molecule has 0 saturated heterocycles. The minimum absolute atomic E-state index is 0.0923. The van der Waals surface area contributed by atoms with E-state index in [1.807, 2.05) is 0 Å². The highest BCUT2D eigenvalue weighted by Gasteiger charge is 2.20. The van der Waals surface area contributed by atoms with E-state index < -0.39 is 39.4 Å². The van der Waals surface area contributed by atoms with Gasteiger partial charge in [-0.2, -0.15) is 8.42 Å². The summed E-state index contributed by atoms with van der Waals surface area (Å²) in [5, 5.41) is 33.8. The van der Waals surface area contributed by atoms with Crippen molar-refractivity contribution in [3.63, 3.8) is 0 Å². The van der Waals surface area contributed by atoms with Gasteiger partial charge in [-0.25, -0.2) is 19.2 Å². The molecular weight excluding hydrogens is 769 g/mol. The number of hydrogen-bond donors (Lipinski definition) is 4. The number of para-hydroxylation sites is 1. The number of hydrogen-bond acceptors (Lipinski definition) is 9. The van der Waals surface area contributed by atoms with E-state index in [1.54, 1.807) is 176 Å². The standard InChI is InChI=1S/C16H12O5S.4C7H6O2/c1-22(18,19)21-16-14(17)12-9-5-6-10-13(12)20-15(16)11-7-3-2-4-8-11;4*8-7(9)6-4-2-1-3-5-6/h2-10H,1H3;4*1-5H,(H,8,9). The quantitative estimate of drug-likeness (QED) is 0.111. The minimum atomic E-state index is -3.86. The van der Waals surface area contributed by atoms with Crippen LogP contribution in [0.1, 0.15) is 41.4 Å². The Bertz CT molecular complexity index is 2360. The maximum atomic E-state index is 12.6. The Morgan fingerprint density at radius 3 is 1.05 bits per heavy atom. The third-order valence-electron chi connectivity index (χ3n) is 7.11. The van der Waals surface area contributed by atoms with Crippen molar-refractivity contribution in [3.05, 3.63) is 208 Å². The summed E-state index contributed by atoms with van der Waals surface area (Å²) in [4.78, 5) is 53.4. The summed E-state index contributed by atoms with van der Waals surface area (Å²) < 4.78 is 33.5. The molecule has 0 fully saturated rings. The molecular formula is C44H36O13S. The van der Waals surface area contributed by atoms with Crippen molar-refractivity contribution in [2.75, 3.05) is 6.26 Å². The van der Waals surface area contributed by atoms with Gasteiger partial charge >= 0.3 is 34.0 Å². The summed E-state index contributed by atoms with van der Waals surface area (Å²) in [5.74, 6) is -3.75. The van der Waals surface area contributed by atoms with Crippen LogP contribution in [0.3, 0.4) is 0 Å². The molecule has 14 heteroatoms. The number of fused-ring (bicyclic) bond motifs is 1. The molecule has 7 aromatic rings. The van der Waals surface area contributed by atoms with Crippen LogP contribution in [0, 0.1) is 0 Å². The molecule has 296 valence electrons. The van der Waals surface area contributed by atoms with Crippen molar-refractivity contribution in [2.45, 2.75) is 0 Å². The number of carboxylic acid groups (broad SMARTS) is 4. The van der Waals surface area contributed by atoms with Gasteiger partial charge in [-0.15, -0.1) is 0 Å². The van der Waals surface area contributed by atoms with Crippen molar-refractivity contribution in [1.82, 2.24) is 0 Å². The normalized spacial score (nSPS) is 9.88. The monoisotopic (exact) mass is 804 g/mol. The van der Waals surface area contributed by atoms with E-state index in [0.29, 0.717) is 33.4 Å². The average molecular weight is 805 g/mol. The molecule has 1 aromatic heterocycles. The van der Waals surface area contributed by atoms with Crippen LogP contribution in [-0.4, -0.2) is 59.0 Å². The zero-order valence-corrected chi connectivity index (χ0v) is 31.4. The number of carboxylic acids is 4. The average Bonchev–Trinajstić information content (AvgIpc) is 3.24. The molecule has 4 N–H and O–H groups in total. The van der Waals surface area contributed by atoms with Crippen LogP contribution >= 0.6 is 0 Å². The zero-order valence-electron chi connectivity index (χ0n) is 30.6. The summed E-state index contributed by atoms with van der Waals surface area (Å²) in [6.45, 7) is 0. The molecule has 13 nitrogen and oxygen atoms in total. The van der Waals surface area contributed by atoms with Crippen LogP contribution in [0.2, 0.25) is 0 Å². The molecule has 1 heterocycles. The van der Waals surface area contributed by atoms with Crippen LogP contribution in [0.4, 0.5) is 0 Å². The third kappa shape index (κ3) is 15.1. The molecule has 0 spiro atoms. The lowest BCUT2D eigenvalue weighted by molar-refractivity contribution is 0.0686. The molecule has 0 saturated carbocycles. The van der Waals surface area contributed by atoms with Crippen molar-refractivity contribution < 1.29 is 56.6 Å². The zero-order chi connectivity index (χ0) is 42.5. The molecule has 6 aromatic carbocycles. The van der Waals surface area contributed by atoms with Gasteiger partial charge in [0.1, 0.15) is 5.58 Å². The molecule has 0 unspecified atom stereocenters. The van der Waals surface area contributed by atoms with Gasteiger partial charge < -0.3 is 29.0 Å². The first kappa shape index (κ1) is 44.6. The molecule has 58 heavy (non-hydrogen) atoms. The van der Waals surface area contributed by atoms with Crippen LogP contribution in [0.25, 0.3) is 22.3 Å². The second-order valence-electron chi connectivity index (χ2n) is 11.4. The van der Waals surface area contributed by atoms with Crippen LogP contribution < -0.4 is 9.61 Å². The highest BCUT2D eigenvalue weighted by Crippen LogP contribution is 2.31. The number of carbonyl (C=O) groups is 4. The van der Waals surface area contributed by atoms with Gasteiger partial charge in [-0.3, -0.25) is 4.79 Å². The number of aromatic carboxylic acids is 4. The first-order valence-corrected chi connectivity index (χ1v) is 18.6.